The molecule has 12 heteroatoms. The van der Waals surface area contributed by atoms with Crippen LogP contribution in [0.2, 0.25) is 0 Å². The molecular weight excluding hydrogens is 440 g/mol. The molecule has 0 saturated carbocycles. The van der Waals surface area contributed by atoms with Crippen LogP contribution in [0, 0.1) is 0 Å². The zero-order chi connectivity index (χ0) is 22.0. The summed E-state index contributed by atoms with van der Waals surface area (Å²) in [6, 6.07) is 6.87. The summed E-state index contributed by atoms with van der Waals surface area (Å²) in [4.78, 5) is 0.675. The van der Waals surface area contributed by atoms with Gasteiger partial charge in [0, 0.05) is 4.90 Å². The van der Waals surface area contributed by atoms with Gasteiger partial charge in [-0.1, -0.05) is 6.07 Å². The largest absolute Gasteiger partial charge is 0.491 e. The van der Waals surface area contributed by atoms with Gasteiger partial charge in [0.1, 0.15) is 66.6 Å². The highest BCUT2D eigenvalue weighted by molar-refractivity contribution is 7.80. The van der Waals surface area contributed by atoms with E-state index in [1.807, 2.05) is 0 Å². The van der Waals surface area contributed by atoms with Crippen molar-refractivity contribution in [3.05, 3.63) is 24.3 Å². The Morgan fingerprint density at radius 1 is 0.900 bits per heavy atom. The van der Waals surface area contributed by atoms with Gasteiger partial charge in [-0.15, -0.1) is 25.3 Å². The molecule has 0 bridgehead atoms. The molecule has 2 aliphatic heterocycles. The number of thiol groups is 2. The summed E-state index contributed by atoms with van der Waals surface area (Å²) in [5.74, 6) is 0.481. The molecule has 2 saturated heterocycles. The smallest absolute Gasteiger partial charge is 0.187 e. The Kier molecular flexibility index (Phi) is 8.26. The third-order valence-electron chi connectivity index (χ3n) is 5.03. The molecule has 0 aliphatic carbocycles. The zero-order valence-corrected chi connectivity index (χ0v) is 17.5. The summed E-state index contributed by atoms with van der Waals surface area (Å²) in [5, 5.41) is 60.0. The molecule has 0 unspecified atom stereocenters. The zero-order valence-electron chi connectivity index (χ0n) is 15.7. The lowest BCUT2D eigenvalue weighted by Gasteiger charge is -2.45. The van der Waals surface area contributed by atoms with Crippen LogP contribution in [0.3, 0.4) is 0 Å². The molecule has 2 aliphatic rings. The number of ether oxygens (including phenoxy) is 4. The van der Waals surface area contributed by atoms with Crippen LogP contribution in [0.25, 0.3) is 0 Å². The minimum atomic E-state index is -1.68. The Morgan fingerprint density at radius 3 is 2.30 bits per heavy atom. The molecule has 1 aromatic carbocycles. The van der Waals surface area contributed by atoms with Crippen LogP contribution in [-0.2, 0) is 14.2 Å². The highest BCUT2D eigenvalue weighted by Crippen LogP contribution is 2.30. The van der Waals surface area contributed by atoms with Crippen LogP contribution in [-0.4, -0.2) is 104 Å². The van der Waals surface area contributed by atoms with E-state index in [0.29, 0.717) is 10.6 Å². The minimum absolute atomic E-state index is 0.111. The van der Waals surface area contributed by atoms with Crippen LogP contribution in [0.1, 0.15) is 0 Å². The highest BCUT2D eigenvalue weighted by Gasteiger charge is 2.50. The van der Waals surface area contributed by atoms with Gasteiger partial charge in [0.25, 0.3) is 0 Å². The van der Waals surface area contributed by atoms with E-state index in [-0.39, 0.29) is 6.61 Å². The maximum atomic E-state index is 10.5. The van der Waals surface area contributed by atoms with Crippen molar-refractivity contribution in [1.29, 1.82) is 0 Å². The molecule has 1 aromatic rings. The average molecular weight is 467 g/mol. The molecule has 3 rings (SSSR count). The Balaban J connectivity index is 1.74. The van der Waals surface area contributed by atoms with E-state index in [4.69, 9.17) is 18.9 Å². The molecule has 170 valence electrons. The molecule has 0 aromatic heterocycles. The normalized spacial score (nSPS) is 42.1. The molecule has 10 atom stereocenters. The average Bonchev–Trinajstić information content (AvgIpc) is 2.73. The van der Waals surface area contributed by atoms with E-state index in [2.05, 4.69) is 25.3 Å². The van der Waals surface area contributed by atoms with Crippen LogP contribution < -0.4 is 4.74 Å². The highest BCUT2D eigenvalue weighted by atomic mass is 32.1. The van der Waals surface area contributed by atoms with Crippen molar-refractivity contribution in [2.45, 2.75) is 65.5 Å². The van der Waals surface area contributed by atoms with Crippen LogP contribution in [0.15, 0.2) is 29.2 Å². The molecule has 0 amide bonds. The number of rotatable bonds is 6. The standard InChI is InChI=1S/C18H26O10S2/c19-5-9-11(20)12(21)14(23)17(26-9)28-16-10(27-18(30)15(24)13(16)22)6-25-7-2-1-3-8(29)4-7/h1-4,9-24,29-30H,5-6H2/t9-,10-,11-,12+,13-,14-,15-,16-,17+,18+/m1/s1. The number of aliphatic hydroxyl groups excluding tert-OH is 6. The van der Waals surface area contributed by atoms with Crippen molar-refractivity contribution in [1.82, 2.24) is 0 Å². The Morgan fingerprint density at radius 2 is 1.63 bits per heavy atom. The molecule has 0 radical (unpaired) electrons. The van der Waals surface area contributed by atoms with E-state index in [1.54, 1.807) is 24.3 Å². The third-order valence-corrected chi connectivity index (χ3v) is 5.74. The van der Waals surface area contributed by atoms with Crippen molar-refractivity contribution >= 4 is 25.3 Å². The lowest BCUT2D eigenvalue weighted by molar-refractivity contribution is -0.337. The first-order chi connectivity index (χ1) is 14.2. The number of benzene rings is 1. The summed E-state index contributed by atoms with van der Waals surface area (Å²) in [5.41, 5.74) is -1.03. The predicted octanol–water partition coefficient (Wildman–Crippen LogP) is -2.08. The SMILES string of the molecule is OC[C@H]1O[C@@H](O[C@H]2[C@H](O)[C@@H](O)[C@H](S)O[C@@H]2COc2cccc(S)c2)[C@H](O)[C@@H](O)[C@@H]1O. The van der Waals surface area contributed by atoms with Gasteiger partial charge in [-0.25, -0.2) is 0 Å². The first kappa shape index (κ1) is 24.0. The van der Waals surface area contributed by atoms with Gasteiger partial charge >= 0.3 is 0 Å². The molecule has 2 heterocycles. The van der Waals surface area contributed by atoms with Crippen molar-refractivity contribution in [3.8, 4) is 5.75 Å². The van der Waals surface area contributed by atoms with Crippen molar-refractivity contribution in [2.75, 3.05) is 13.2 Å². The van der Waals surface area contributed by atoms with E-state index in [1.165, 1.54) is 0 Å². The first-order valence-electron chi connectivity index (χ1n) is 9.30. The Hall–Kier alpha value is -0.640. The maximum Gasteiger partial charge on any atom is 0.187 e. The molecule has 0 spiro atoms. The number of aliphatic hydroxyl groups is 6. The van der Waals surface area contributed by atoms with E-state index in [9.17, 15) is 30.6 Å². The monoisotopic (exact) mass is 466 g/mol. The van der Waals surface area contributed by atoms with E-state index >= 15 is 0 Å². The van der Waals surface area contributed by atoms with Gasteiger partial charge in [0.2, 0.25) is 0 Å². The minimum Gasteiger partial charge on any atom is -0.491 e. The quantitative estimate of drug-likeness (QED) is 0.219. The van der Waals surface area contributed by atoms with E-state index in [0.717, 1.165) is 0 Å². The second-order valence-corrected chi connectivity index (χ2v) is 8.18. The first-order valence-corrected chi connectivity index (χ1v) is 10.3. The Bertz CT molecular complexity index is 695. The van der Waals surface area contributed by atoms with Crippen LogP contribution in [0.4, 0.5) is 0 Å². The fourth-order valence-corrected chi connectivity index (χ4v) is 3.85. The predicted molar refractivity (Wildman–Crippen MR) is 107 cm³/mol. The van der Waals surface area contributed by atoms with Gasteiger partial charge in [0.05, 0.1) is 6.61 Å². The maximum absolute atomic E-state index is 10.5. The second-order valence-electron chi connectivity index (χ2n) is 7.15. The number of hydrogen-bond acceptors (Lipinski definition) is 12. The topological polar surface area (TPSA) is 158 Å². The third kappa shape index (κ3) is 5.22. The van der Waals surface area contributed by atoms with Gasteiger partial charge in [-0.05, 0) is 18.2 Å². The van der Waals surface area contributed by atoms with Gasteiger partial charge in [-0.3, -0.25) is 0 Å². The van der Waals surface area contributed by atoms with Crippen molar-refractivity contribution in [2.24, 2.45) is 0 Å². The van der Waals surface area contributed by atoms with Crippen LogP contribution >= 0.6 is 25.3 Å². The van der Waals surface area contributed by atoms with Crippen LogP contribution in [0.5, 0.6) is 5.75 Å². The summed E-state index contributed by atoms with van der Waals surface area (Å²) in [7, 11) is 0. The molecule has 30 heavy (non-hydrogen) atoms. The summed E-state index contributed by atoms with van der Waals surface area (Å²) >= 11 is 8.34. The van der Waals surface area contributed by atoms with Gasteiger partial charge in [-0.2, -0.15) is 0 Å². The fraction of sp³-hybridized carbons (Fsp3) is 0.667. The molecule has 2 fully saturated rings. The molecule has 10 nitrogen and oxygen atoms in total. The molecule has 6 N–H and O–H groups in total. The lowest BCUT2D eigenvalue weighted by Crippen LogP contribution is -2.64. The van der Waals surface area contributed by atoms with Crippen molar-refractivity contribution < 1.29 is 49.6 Å². The molecular formula is C18H26O10S2. The van der Waals surface area contributed by atoms with Gasteiger partial charge < -0.3 is 49.6 Å². The number of hydrogen-bond donors (Lipinski definition) is 8. The van der Waals surface area contributed by atoms with Crippen molar-refractivity contribution in [3.63, 3.8) is 0 Å². The summed E-state index contributed by atoms with van der Waals surface area (Å²) in [6.45, 7) is -0.747. The van der Waals surface area contributed by atoms with Gasteiger partial charge in [0.15, 0.2) is 6.29 Å². The Labute approximate surface area is 183 Å². The lowest BCUT2D eigenvalue weighted by atomic mass is 9.97. The second kappa shape index (κ2) is 10.3. The van der Waals surface area contributed by atoms with E-state index < -0.39 is 67.2 Å². The fourth-order valence-electron chi connectivity index (χ4n) is 3.31. The summed E-state index contributed by atoms with van der Waals surface area (Å²) < 4.78 is 22.2. The summed E-state index contributed by atoms with van der Waals surface area (Å²) in [6.07, 6.45) is -12.7.